The van der Waals surface area contributed by atoms with Crippen molar-refractivity contribution >= 4 is 6.09 Å². The van der Waals surface area contributed by atoms with Crippen LogP contribution in [0.1, 0.15) is 40.5 Å². The number of ether oxygens (including phenoxy) is 2. The summed E-state index contributed by atoms with van der Waals surface area (Å²) in [4.78, 5) is 16.1. The summed E-state index contributed by atoms with van der Waals surface area (Å²) < 4.78 is 11.2. The molecule has 0 aromatic rings. The van der Waals surface area contributed by atoms with Crippen LogP contribution in [0.2, 0.25) is 0 Å². The van der Waals surface area contributed by atoms with Crippen molar-refractivity contribution in [3.05, 3.63) is 0 Å². The maximum atomic E-state index is 12.0. The van der Waals surface area contributed by atoms with Crippen molar-refractivity contribution in [1.29, 1.82) is 0 Å². The van der Waals surface area contributed by atoms with Crippen molar-refractivity contribution in [1.82, 2.24) is 9.80 Å². The standard InChI is InChI=1S/C16H30N2O3/c1-13-11-14(12-13)20-10-9-17-5-7-18(8-6-17)15(19)21-16(2,3)4/h13-14H,5-12H2,1-4H3/t13-,14+. The Hall–Kier alpha value is -0.810. The van der Waals surface area contributed by atoms with Gasteiger partial charge in [0, 0.05) is 32.7 Å². The molecule has 5 nitrogen and oxygen atoms in total. The molecule has 2 fully saturated rings. The molecule has 21 heavy (non-hydrogen) atoms. The molecule has 0 bridgehead atoms. The largest absolute Gasteiger partial charge is 0.444 e. The van der Waals surface area contributed by atoms with Crippen molar-refractivity contribution in [2.45, 2.75) is 52.2 Å². The first-order valence-corrected chi connectivity index (χ1v) is 8.15. The first-order chi connectivity index (χ1) is 9.83. The molecule has 1 heterocycles. The van der Waals surface area contributed by atoms with Crippen molar-refractivity contribution in [2.75, 3.05) is 39.3 Å². The molecular weight excluding hydrogens is 268 g/mol. The third kappa shape index (κ3) is 5.47. The van der Waals surface area contributed by atoms with Crippen LogP contribution in [-0.2, 0) is 9.47 Å². The number of carbonyl (C=O) groups is 1. The summed E-state index contributed by atoms with van der Waals surface area (Å²) in [6.07, 6.45) is 2.73. The van der Waals surface area contributed by atoms with E-state index < -0.39 is 5.60 Å². The van der Waals surface area contributed by atoms with Gasteiger partial charge >= 0.3 is 6.09 Å². The number of rotatable bonds is 4. The van der Waals surface area contributed by atoms with Crippen LogP contribution in [-0.4, -0.2) is 66.9 Å². The van der Waals surface area contributed by atoms with E-state index in [1.807, 2.05) is 20.8 Å². The second-order valence-electron chi connectivity index (χ2n) is 7.38. The fraction of sp³-hybridized carbons (Fsp3) is 0.938. The van der Waals surface area contributed by atoms with E-state index in [1.165, 1.54) is 12.8 Å². The van der Waals surface area contributed by atoms with Crippen LogP contribution < -0.4 is 0 Å². The van der Waals surface area contributed by atoms with Crippen LogP contribution in [0.25, 0.3) is 0 Å². The predicted molar refractivity (Wildman–Crippen MR) is 82.4 cm³/mol. The Bertz CT molecular complexity index is 340. The van der Waals surface area contributed by atoms with E-state index in [4.69, 9.17) is 9.47 Å². The Morgan fingerprint density at radius 2 is 1.76 bits per heavy atom. The Balaban J connectivity index is 1.58. The first kappa shape index (κ1) is 16.6. The maximum absolute atomic E-state index is 12.0. The normalized spacial score (nSPS) is 27.3. The average Bonchev–Trinajstić information content (AvgIpc) is 2.35. The minimum Gasteiger partial charge on any atom is -0.444 e. The highest BCUT2D eigenvalue weighted by Gasteiger charge is 2.27. The Morgan fingerprint density at radius 3 is 2.29 bits per heavy atom. The second-order valence-corrected chi connectivity index (χ2v) is 7.38. The smallest absolute Gasteiger partial charge is 0.410 e. The molecule has 1 aliphatic heterocycles. The third-order valence-corrected chi connectivity index (χ3v) is 4.12. The van der Waals surface area contributed by atoms with Crippen LogP contribution in [0.5, 0.6) is 0 Å². The number of hydrogen-bond donors (Lipinski definition) is 0. The van der Waals surface area contributed by atoms with Crippen molar-refractivity contribution in [2.24, 2.45) is 5.92 Å². The van der Waals surface area contributed by atoms with Crippen LogP contribution in [0, 0.1) is 5.92 Å². The van der Waals surface area contributed by atoms with E-state index in [0.717, 1.165) is 45.2 Å². The highest BCUT2D eigenvalue weighted by molar-refractivity contribution is 5.68. The van der Waals surface area contributed by atoms with E-state index in [1.54, 1.807) is 4.90 Å². The molecule has 1 saturated heterocycles. The topological polar surface area (TPSA) is 42.0 Å². The number of carbonyl (C=O) groups excluding carboxylic acids is 1. The summed E-state index contributed by atoms with van der Waals surface area (Å²) in [5.41, 5.74) is -0.415. The van der Waals surface area contributed by atoms with Crippen molar-refractivity contribution in [3.8, 4) is 0 Å². The van der Waals surface area contributed by atoms with Crippen molar-refractivity contribution in [3.63, 3.8) is 0 Å². The molecule has 0 N–H and O–H groups in total. The highest BCUT2D eigenvalue weighted by Crippen LogP contribution is 2.28. The zero-order valence-corrected chi connectivity index (χ0v) is 13.9. The van der Waals surface area contributed by atoms with E-state index in [9.17, 15) is 4.79 Å². The fourth-order valence-electron chi connectivity index (χ4n) is 2.79. The molecule has 1 aliphatic carbocycles. The van der Waals surface area contributed by atoms with Crippen LogP contribution in [0.4, 0.5) is 4.79 Å². The van der Waals surface area contributed by atoms with Gasteiger partial charge in [-0.2, -0.15) is 0 Å². The van der Waals surface area contributed by atoms with Crippen LogP contribution >= 0.6 is 0 Å². The van der Waals surface area contributed by atoms with Gasteiger partial charge in [0.05, 0.1) is 12.7 Å². The van der Waals surface area contributed by atoms with Gasteiger partial charge in [0.2, 0.25) is 0 Å². The minimum atomic E-state index is -0.415. The quantitative estimate of drug-likeness (QED) is 0.799. The Morgan fingerprint density at radius 1 is 1.14 bits per heavy atom. The molecule has 2 aliphatic rings. The minimum absolute atomic E-state index is 0.193. The Kier molecular flexibility index (Phi) is 5.49. The lowest BCUT2D eigenvalue weighted by atomic mass is 9.84. The molecule has 122 valence electrons. The number of hydrogen-bond acceptors (Lipinski definition) is 4. The second kappa shape index (κ2) is 6.97. The van der Waals surface area contributed by atoms with Crippen molar-refractivity contribution < 1.29 is 14.3 Å². The van der Waals surface area contributed by atoms with Gasteiger partial charge in [0.25, 0.3) is 0 Å². The first-order valence-electron chi connectivity index (χ1n) is 8.15. The number of amides is 1. The maximum Gasteiger partial charge on any atom is 0.410 e. The van der Waals surface area contributed by atoms with Gasteiger partial charge in [-0.15, -0.1) is 0 Å². The lowest BCUT2D eigenvalue weighted by molar-refractivity contribution is -0.0365. The van der Waals surface area contributed by atoms with Gasteiger partial charge in [0.1, 0.15) is 5.60 Å². The summed E-state index contributed by atoms with van der Waals surface area (Å²) in [6.45, 7) is 13.1. The molecule has 1 saturated carbocycles. The molecule has 5 heteroatoms. The molecule has 0 spiro atoms. The molecule has 0 radical (unpaired) electrons. The molecule has 0 aromatic carbocycles. The Labute approximate surface area is 128 Å². The number of piperazine rings is 1. The van der Waals surface area contributed by atoms with Gasteiger partial charge in [-0.05, 0) is 39.5 Å². The lowest BCUT2D eigenvalue weighted by Gasteiger charge is -2.36. The van der Waals surface area contributed by atoms with Gasteiger partial charge in [-0.3, -0.25) is 4.90 Å². The lowest BCUT2D eigenvalue weighted by Crippen LogP contribution is -2.50. The third-order valence-electron chi connectivity index (χ3n) is 4.12. The van der Waals surface area contributed by atoms with Crippen LogP contribution in [0.3, 0.4) is 0 Å². The van der Waals surface area contributed by atoms with E-state index in [0.29, 0.717) is 6.10 Å². The predicted octanol–water partition coefficient (Wildman–Crippen LogP) is 2.35. The van der Waals surface area contributed by atoms with Gasteiger partial charge in [0.15, 0.2) is 0 Å². The summed E-state index contributed by atoms with van der Waals surface area (Å²) in [6, 6.07) is 0. The zero-order valence-electron chi connectivity index (χ0n) is 13.9. The molecule has 2 rings (SSSR count). The zero-order chi connectivity index (χ0) is 15.5. The summed E-state index contributed by atoms with van der Waals surface area (Å²) >= 11 is 0. The fourth-order valence-corrected chi connectivity index (χ4v) is 2.79. The SMILES string of the molecule is CC(C)(C)OC(=O)N1CCN(CCO[C@H]2C[C@@H](C)C2)CC1. The number of nitrogens with zero attached hydrogens (tertiary/aromatic N) is 2. The van der Waals surface area contributed by atoms with Crippen LogP contribution in [0.15, 0.2) is 0 Å². The van der Waals surface area contributed by atoms with E-state index >= 15 is 0 Å². The van der Waals surface area contributed by atoms with Gasteiger partial charge < -0.3 is 14.4 Å². The molecule has 1 amide bonds. The van der Waals surface area contributed by atoms with Gasteiger partial charge in [-0.1, -0.05) is 6.92 Å². The van der Waals surface area contributed by atoms with E-state index in [2.05, 4.69) is 11.8 Å². The monoisotopic (exact) mass is 298 g/mol. The summed E-state index contributed by atoms with van der Waals surface area (Å²) in [5.74, 6) is 0.840. The molecule has 0 aromatic heterocycles. The molecule has 0 unspecified atom stereocenters. The average molecular weight is 298 g/mol. The molecular formula is C16H30N2O3. The van der Waals surface area contributed by atoms with Gasteiger partial charge in [-0.25, -0.2) is 4.79 Å². The molecule has 0 atom stereocenters. The highest BCUT2D eigenvalue weighted by atomic mass is 16.6. The summed E-state index contributed by atoms with van der Waals surface area (Å²) in [7, 11) is 0. The summed E-state index contributed by atoms with van der Waals surface area (Å²) in [5, 5.41) is 0. The van der Waals surface area contributed by atoms with E-state index in [-0.39, 0.29) is 6.09 Å².